The van der Waals surface area contributed by atoms with Crippen LogP contribution in [-0.4, -0.2) is 68.6 Å². The number of anilines is 2. The zero-order valence-corrected chi connectivity index (χ0v) is 25.3. The number of likely N-dealkylation sites (N-methyl/N-ethyl adjacent to an activating group) is 1. The molecule has 0 spiro atoms. The van der Waals surface area contributed by atoms with Crippen LogP contribution in [0.15, 0.2) is 101 Å². The molecule has 0 atom stereocenters. The molecule has 1 aliphatic heterocycles. The Balaban J connectivity index is 1.18. The van der Waals surface area contributed by atoms with Crippen LogP contribution < -0.4 is 9.62 Å². The fourth-order valence-electron chi connectivity index (χ4n) is 5.27. The Hall–Kier alpha value is -5.44. The van der Waals surface area contributed by atoms with Gasteiger partial charge in [-0.25, -0.2) is 8.42 Å². The van der Waals surface area contributed by atoms with E-state index in [0.29, 0.717) is 22.0 Å². The van der Waals surface area contributed by atoms with Gasteiger partial charge < -0.3 is 19.9 Å². The third-order valence-corrected chi connectivity index (χ3v) is 9.17. The highest BCUT2D eigenvalue weighted by Crippen LogP contribution is 2.29. The van der Waals surface area contributed by atoms with Gasteiger partial charge in [-0.15, -0.1) is 0 Å². The van der Waals surface area contributed by atoms with E-state index in [0.717, 1.165) is 37.6 Å². The number of carbonyl (C=O) groups is 1. The highest BCUT2D eigenvalue weighted by molar-refractivity contribution is 7.92. The highest BCUT2D eigenvalue weighted by Gasteiger charge is 2.18. The molecule has 1 fully saturated rings. The van der Waals surface area contributed by atoms with Crippen LogP contribution in [0.2, 0.25) is 0 Å². The van der Waals surface area contributed by atoms with Crippen LogP contribution in [0.25, 0.3) is 10.9 Å². The monoisotopic (exact) mass is 618 g/mol. The zero-order valence-electron chi connectivity index (χ0n) is 24.4. The summed E-state index contributed by atoms with van der Waals surface area (Å²) in [4.78, 5) is 25.5. The Morgan fingerprint density at radius 3 is 2.44 bits per heavy atom. The number of aromatic hydroxyl groups is 1. The molecule has 1 aliphatic rings. The molecule has 11 heteroatoms. The van der Waals surface area contributed by atoms with Gasteiger partial charge in [-0.2, -0.15) is 5.26 Å². The Morgan fingerprint density at radius 2 is 1.69 bits per heavy atom. The molecule has 0 saturated carbocycles. The number of sulfonamides is 1. The Morgan fingerprint density at radius 1 is 0.956 bits per heavy atom. The summed E-state index contributed by atoms with van der Waals surface area (Å²) in [5.41, 5.74) is 4.02. The first-order chi connectivity index (χ1) is 21.7. The number of nitrogens with one attached hydrogen (secondary N) is 2. The molecule has 6 rings (SSSR count). The maximum atomic E-state index is 13.4. The summed E-state index contributed by atoms with van der Waals surface area (Å²) >= 11 is 0. The van der Waals surface area contributed by atoms with Crippen molar-refractivity contribution >= 4 is 50.0 Å². The second-order valence-electron chi connectivity index (χ2n) is 10.9. The predicted octanol–water partition coefficient (Wildman–Crippen LogP) is 5.28. The summed E-state index contributed by atoms with van der Waals surface area (Å²) in [5, 5.41) is 20.4. The Labute approximate surface area is 260 Å². The summed E-state index contributed by atoms with van der Waals surface area (Å²) in [6, 6.07) is 26.8. The molecule has 0 aliphatic carbocycles. The van der Waals surface area contributed by atoms with E-state index in [1.165, 1.54) is 30.3 Å². The Kier molecular flexibility index (Phi) is 8.08. The SMILES string of the molecule is CN1CCN(c2ccc(N=Cc3c(O)[nH]c4cc(C(=O)c5cccc(NS(=O)(=O)c6cccc(C#N)c6)c5)ccc34)cc2)CC1. The maximum Gasteiger partial charge on any atom is 0.261 e. The van der Waals surface area contributed by atoms with Gasteiger partial charge in [-0.3, -0.25) is 14.5 Å². The molecule has 226 valence electrons. The lowest BCUT2D eigenvalue weighted by molar-refractivity contribution is 0.103. The van der Waals surface area contributed by atoms with E-state index in [1.54, 1.807) is 42.6 Å². The second-order valence-corrected chi connectivity index (χ2v) is 12.6. The minimum atomic E-state index is -3.98. The van der Waals surface area contributed by atoms with Crippen LogP contribution in [0.1, 0.15) is 27.0 Å². The van der Waals surface area contributed by atoms with Crippen molar-refractivity contribution in [1.29, 1.82) is 5.26 Å². The van der Waals surface area contributed by atoms with Crippen LogP contribution >= 0.6 is 0 Å². The van der Waals surface area contributed by atoms with Crippen molar-refractivity contribution in [3.63, 3.8) is 0 Å². The first-order valence-corrected chi connectivity index (χ1v) is 15.8. The largest absolute Gasteiger partial charge is 0.494 e. The number of fused-ring (bicyclic) bond motifs is 1. The van der Waals surface area contributed by atoms with E-state index in [-0.39, 0.29) is 33.4 Å². The number of benzene rings is 4. The number of piperazine rings is 1. The van der Waals surface area contributed by atoms with Crippen molar-refractivity contribution < 1.29 is 18.3 Å². The van der Waals surface area contributed by atoms with Crippen molar-refractivity contribution in [3.8, 4) is 11.9 Å². The van der Waals surface area contributed by atoms with Gasteiger partial charge in [0.2, 0.25) is 0 Å². The van der Waals surface area contributed by atoms with E-state index in [1.807, 2.05) is 18.2 Å². The third-order valence-electron chi connectivity index (χ3n) is 7.79. The first kappa shape index (κ1) is 29.6. The van der Waals surface area contributed by atoms with Crippen LogP contribution in [0.5, 0.6) is 5.88 Å². The normalized spacial score (nSPS) is 14.1. The van der Waals surface area contributed by atoms with Crippen molar-refractivity contribution in [1.82, 2.24) is 9.88 Å². The number of hydrogen-bond acceptors (Lipinski definition) is 8. The molecule has 1 aromatic heterocycles. The van der Waals surface area contributed by atoms with Gasteiger partial charge in [0.05, 0.1) is 27.8 Å². The molecule has 2 heterocycles. The number of aromatic nitrogens is 1. The molecule has 1 saturated heterocycles. The number of ketones is 1. The van der Waals surface area contributed by atoms with Gasteiger partial charge >= 0.3 is 0 Å². The van der Waals surface area contributed by atoms with E-state index in [2.05, 4.69) is 43.7 Å². The number of H-pyrrole nitrogens is 1. The number of aromatic amines is 1. The van der Waals surface area contributed by atoms with Crippen LogP contribution in [0.3, 0.4) is 0 Å². The van der Waals surface area contributed by atoms with E-state index >= 15 is 0 Å². The number of rotatable bonds is 8. The highest BCUT2D eigenvalue weighted by atomic mass is 32.2. The van der Waals surface area contributed by atoms with Gasteiger partial charge in [0.15, 0.2) is 11.7 Å². The number of carbonyl (C=O) groups excluding carboxylic acids is 1. The molecule has 5 aromatic rings. The Bertz CT molecular complexity index is 2070. The van der Waals surface area contributed by atoms with Crippen LogP contribution in [-0.2, 0) is 10.0 Å². The second kappa shape index (κ2) is 12.3. The van der Waals surface area contributed by atoms with Crippen LogP contribution in [0, 0.1) is 11.3 Å². The summed E-state index contributed by atoms with van der Waals surface area (Å²) < 4.78 is 28.3. The number of aliphatic imine (C=N–C) groups is 1. The summed E-state index contributed by atoms with van der Waals surface area (Å²) in [5.74, 6) is -0.390. The smallest absolute Gasteiger partial charge is 0.261 e. The molecule has 0 radical (unpaired) electrons. The summed E-state index contributed by atoms with van der Waals surface area (Å²) in [6.45, 7) is 4.02. The molecule has 0 amide bonds. The lowest BCUT2D eigenvalue weighted by Gasteiger charge is -2.34. The fraction of sp³-hybridized carbons (Fsp3) is 0.147. The molecule has 3 N–H and O–H groups in total. The van der Waals surface area contributed by atoms with Gasteiger partial charge in [0.25, 0.3) is 10.0 Å². The average Bonchev–Trinajstić information content (AvgIpc) is 3.37. The van der Waals surface area contributed by atoms with E-state index in [4.69, 9.17) is 5.26 Å². The predicted molar refractivity (Wildman–Crippen MR) is 175 cm³/mol. The molecular formula is C34H30N6O4S. The zero-order chi connectivity index (χ0) is 31.6. The van der Waals surface area contributed by atoms with E-state index in [9.17, 15) is 18.3 Å². The van der Waals surface area contributed by atoms with Crippen molar-refractivity contribution in [3.05, 3.63) is 113 Å². The van der Waals surface area contributed by atoms with Gasteiger partial charge in [-0.05, 0) is 67.7 Å². The lowest BCUT2D eigenvalue weighted by Crippen LogP contribution is -2.44. The minimum Gasteiger partial charge on any atom is -0.494 e. The van der Waals surface area contributed by atoms with Gasteiger partial charge in [0.1, 0.15) is 0 Å². The number of nitrogens with zero attached hydrogens (tertiary/aromatic N) is 4. The topological polar surface area (TPSA) is 142 Å². The molecule has 0 bridgehead atoms. The summed E-state index contributed by atoms with van der Waals surface area (Å²) in [7, 11) is -1.85. The van der Waals surface area contributed by atoms with E-state index < -0.39 is 10.0 Å². The lowest BCUT2D eigenvalue weighted by atomic mass is 10.0. The molecular weight excluding hydrogens is 588 g/mol. The molecule has 10 nitrogen and oxygen atoms in total. The number of nitriles is 1. The fourth-order valence-corrected chi connectivity index (χ4v) is 6.36. The van der Waals surface area contributed by atoms with Crippen molar-refractivity contribution in [2.24, 2.45) is 4.99 Å². The van der Waals surface area contributed by atoms with Crippen molar-refractivity contribution in [2.45, 2.75) is 4.90 Å². The van der Waals surface area contributed by atoms with Gasteiger partial charge in [-0.1, -0.05) is 30.3 Å². The minimum absolute atomic E-state index is 0.0581. The molecule has 0 unspecified atom stereocenters. The van der Waals surface area contributed by atoms with Crippen LogP contribution in [0.4, 0.5) is 17.1 Å². The first-order valence-electron chi connectivity index (χ1n) is 14.3. The third kappa shape index (κ3) is 6.43. The quantitative estimate of drug-likeness (QED) is 0.159. The standard InChI is InChI=1S/C34H30N6O4S/c1-39-14-16-40(17-15-39)28-11-9-26(10-12-28)36-22-31-30-13-8-25(20-32(30)37-34(31)42)33(41)24-5-3-6-27(19-24)38-45(43,44)29-7-2-4-23(18-29)21-35/h2-13,18-20,22,37-38,42H,14-17H2,1H3. The van der Waals surface area contributed by atoms with Gasteiger partial charge in [0, 0.05) is 65.8 Å². The average molecular weight is 619 g/mol. The maximum absolute atomic E-state index is 13.4. The number of hydrogen-bond donors (Lipinski definition) is 3. The molecule has 4 aromatic carbocycles. The summed E-state index contributed by atoms with van der Waals surface area (Å²) in [6.07, 6.45) is 1.60. The molecule has 45 heavy (non-hydrogen) atoms. The van der Waals surface area contributed by atoms with Crippen molar-refractivity contribution in [2.75, 3.05) is 42.8 Å².